The summed E-state index contributed by atoms with van der Waals surface area (Å²) in [6.45, 7) is 0. The highest BCUT2D eigenvalue weighted by Crippen LogP contribution is 2.36. The maximum absolute atomic E-state index is 6.32. The Morgan fingerprint density at radius 2 is 1.50 bits per heavy atom. The van der Waals surface area contributed by atoms with Gasteiger partial charge in [-0.1, -0.05) is 72.3 Å². The highest BCUT2D eigenvalue weighted by atomic mass is 35.5. The molecular formula is C22H13ClN2O. The van der Waals surface area contributed by atoms with E-state index in [1.54, 1.807) is 6.07 Å². The van der Waals surface area contributed by atoms with Crippen LogP contribution in [0.2, 0.25) is 5.15 Å². The molecule has 0 atom stereocenters. The first-order valence-electron chi connectivity index (χ1n) is 8.30. The van der Waals surface area contributed by atoms with Crippen molar-refractivity contribution in [2.45, 2.75) is 0 Å². The van der Waals surface area contributed by atoms with Gasteiger partial charge in [-0.3, -0.25) is 0 Å². The Labute approximate surface area is 154 Å². The third-order valence-electron chi connectivity index (χ3n) is 4.41. The number of para-hydroxylation sites is 1. The van der Waals surface area contributed by atoms with Gasteiger partial charge in [-0.25, -0.2) is 9.97 Å². The molecule has 0 N–H and O–H groups in total. The van der Waals surface area contributed by atoms with Gasteiger partial charge in [-0.15, -0.1) is 0 Å². The molecule has 0 aliphatic carbocycles. The molecule has 0 bridgehead atoms. The normalized spacial score (nSPS) is 11.3. The second-order valence-corrected chi connectivity index (χ2v) is 6.43. The summed E-state index contributed by atoms with van der Waals surface area (Å²) < 4.78 is 5.97. The van der Waals surface area contributed by atoms with E-state index in [1.165, 1.54) is 0 Å². The second-order valence-electron chi connectivity index (χ2n) is 6.04. The minimum Gasteiger partial charge on any atom is -0.456 e. The van der Waals surface area contributed by atoms with Gasteiger partial charge in [0.15, 0.2) is 5.82 Å². The molecule has 0 aliphatic rings. The van der Waals surface area contributed by atoms with E-state index in [9.17, 15) is 0 Å². The minimum absolute atomic E-state index is 0.415. The van der Waals surface area contributed by atoms with Crippen LogP contribution in [0, 0.1) is 0 Å². The van der Waals surface area contributed by atoms with Crippen molar-refractivity contribution in [1.82, 2.24) is 9.97 Å². The number of halogens is 1. The number of hydrogen-bond acceptors (Lipinski definition) is 3. The van der Waals surface area contributed by atoms with Gasteiger partial charge in [-0.2, -0.15) is 0 Å². The fraction of sp³-hybridized carbons (Fsp3) is 0. The smallest absolute Gasteiger partial charge is 0.162 e. The summed E-state index contributed by atoms with van der Waals surface area (Å²) in [5.74, 6) is 0.591. The maximum atomic E-state index is 6.32. The molecule has 5 rings (SSSR count). The fourth-order valence-corrected chi connectivity index (χ4v) is 3.44. The Balaban J connectivity index is 1.80. The molecule has 3 nitrogen and oxygen atoms in total. The molecule has 26 heavy (non-hydrogen) atoms. The SMILES string of the molecule is Clc1cc(-c2ccccc2)nc(-c2cccc3oc4ccccc4c23)n1. The molecule has 0 saturated carbocycles. The largest absolute Gasteiger partial charge is 0.456 e. The number of fused-ring (bicyclic) bond motifs is 3. The van der Waals surface area contributed by atoms with E-state index in [0.717, 1.165) is 38.8 Å². The molecule has 0 saturated heterocycles. The van der Waals surface area contributed by atoms with Crippen LogP contribution in [0.15, 0.2) is 83.3 Å². The number of nitrogens with zero attached hydrogens (tertiary/aromatic N) is 2. The second kappa shape index (κ2) is 5.97. The van der Waals surface area contributed by atoms with Crippen molar-refractivity contribution in [3.05, 3.63) is 84.0 Å². The van der Waals surface area contributed by atoms with Crippen LogP contribution in [-0.4, -0.2) is 9.97 Å². The zero-order chi connectivity index (χ0) is 17.5. The van der Waals surface area contributed by atoms with Crippen molar-refractivity contribution in [3.8, 4) is 22.6 Å². The van der Waals surface area contributed by atoms with Crippen LogP contribution in [0.1, 0.15) is 0 Å². The number of rotatable bonds is 2. The fourth-order valence-electron chi connectivity index (χ4n) is 3.26. The lowest BCUT2D eigenvalue weighted by Gasteiger charge is -2.07. The molecule has 0 unspecified atom stereocenters. The Morgan fingerprint density at radius 1 is 0.731 bits per heavy atom. The molecule has 4 heteroatoms. The Hall–Kier alpha value is -3.17. The molecule has 0 radical (unpaired) electrons. The molecule has 3 aromatic carbocycles. The molecule has 0 fully saturated rings. The predicted molar refractivity (Wildman–Crippen MR) is 105 cm³/mol. The van der Waals surface area contributed by atoms with E-state index < -0.39 is 0 Å². The zero-order valence-electron chi connectivity index (χ0n) is 13.7. The first-order valence-corrected chi connectivity index (χ1v) is 8.68. The van der Waals surface area contributed by atoms with E-state index in [4.69, 9.17) is 21.0 Å². The van der Waals surface area contributed by atoms with Gasteiger partial charge in [0.2, 0.25) is 0 Å². The van der Waals surface area contributed by atoms with Crippen LogP contribution in [0.3, 0.4) is 0 Å². The minimum atomic E-state index is 0.415. The van der Waals surface area contributed by atoms with Gasteiger partial charge in [0.05, 0.1) is 5.69 Å². The maximum Gasteiger partial charge on any atom is 0.162 e. The summed E-state index contributed by atoms with van der Waals surface area (Å²) in [4.78, 5) is 9.25. The van der Waals surface area contributed by atoms with Crippen LogP contribution < -0.4 is 0 Å². The van der Waals surface area contributed by atoms with Gasteiger partial charge in [0.25, 0.3) is 0 Å². The number of aromatic nitrogens is 2. The number of hydrogen-bond donors (Lipinski definition) is 0. The highest BCUT2D eigenvalue weighted by Gasteiger charge is 2.15. The third-order valence-corrected chi connectivity index (χ3v) is 4.60. The molecular weight excluding hydrogens is 344 g/mol. The first kappa shape index (κ1) is 15.1. The van der Waals surface area contributed by atoms with Gasteiger partial charge < -0.3 is 4.42 Å². The number of furan rings is 1. The van der Waals surface area contributed by atoms with Crippen molar-refractivity contribution in [3.63, 3.8) is 0 Å². The lowest BCUT2D eigenvalue weighted by molar-refractivity contribution is 0.669. The lowest BCUT2D eigenvalue weighted by Crippen LogP contribution is -1.93. The molecule has 0 aliphatic heterocycles. The molecule has 5 aromatic rings. The van der Waals surface area contributed by atoms with Crippen LogP contribution in [0.5, 0.6) is 0 Å². The summed E-state index contributed by atoms with van der Waals surface area (Å²) in [7, 11) is 0. The summed E-state index contributed by atoms with van der Waals surface area (Å²) in [6, 6.07) is 25.6. The summed E-state index contributed by atoms with van der Waals surface area (Å²) in [5.41, 5.74) is 4.37. The van der Waals surface area contributed by atoms with Crippen molar-refractivity contribution in [1.29, 1.82) is 0 Å². The molecule has 2 heterocycles. The van der Waals surface area contributed by atoms with Crippen LogP contribution in [-0.2, 0) is 0 Å². The van der Waals surface area contributed by atoms with E-state index in [0.29, 0.717) is 11.0 Å². The van der Waals surface area contributed by atoms with E-state index in [-0.39, 0.29) is 0 Å². The molecule has 124 valence electrons. The average Bonchev–Trinajstić information content (AvgIpc) is 3.07. The topological polar surface area (TPSA) is 38.9 Å². The quantitative estimate of drug-likeness (QED) is 0.345. The van der Waals surface area contributed by atoms with E-state index in [2.05, 4.69) is 4.98 Å². The van der Waals surface area contributed by atoms with Gasteiger partial charge in [-0.05, 0) is 12.1 Å². The van der Waals surface area contributed by atoms with E-state index >= 15 is 0 Å². The summed E-state index contributed by atoms with van der Waals surface area (Å²) in [6.07, 6.45) is 0. The van der Waals surface area contributed by atoms with Gasteiger partial charge >= 0.3 is 0 Å². The van der Waals surface area contributed by atoms with Crippen molar-refractivity contribution >= 4 is 33.5 Å². The average molecular weight is 357 g/mol. The molecule has 2 aromatic heterocycles. The highest BCUT2D eigenvalue weighted by molar-refractivity contribution is 6.29. The van der Waals surface area contributed by atoms with Crippen LogP contribution in [0.4, 0.5) is 0 Å². The third kappa shape index (κ3) is 2.45. The Bertz CT molecular complexity index is 1250. The molecule has 0 spiro atoms. The Kier molecular flexibility index (Phi) is 3.47. The number of benzene rings is 3. The van der Waals surface area contributed by atoms with Crippen molar-refractivity contribution in [2.24, 2.45) is 0 Å². The summed E-state index contributed by atoms with van der Waals surface area (Å²) >= 11 is 6.32. The monoisotopic (exact) mass is 356 g/mol. The predicted octanol–water partition coefficient (Wildman–Crippen LogP) is 6.36. The van der Waals surface area contributed by atoms with Gasteiger partial charge in [0, 0.05) is 28.0 Å². The van der Waals surface area contributed by atoms with E-state index in [1.807, 2.05) is 72.8 Å². The van der Waals surface area contributed by atoms with Crippen molar-refractivity contribution in [2.75, 3.05) is 0 Å². The lowest BCUT2D eigenvalue weighted by atomic mass is 10.1. The standard InChI is InChI=1S/C22H13ClN2O/c23-20-13-17(14-7-2-1-3-8-14)24-22(25-20)16-10-6-12-19-21(16)15-9-4-5-11-18(15)26-19/h1-13H. The summed E-state index contributed by atoms with van der Waals surface area (Å²) in [5, 5.41) is 2.46. The van der Waals surface area contributed by atoms with Crippen LogP contribution >= 0.6 is 11.6 Å². The van der Waals surface area contributed by atoms with Crippen molar-refractivity contribution < 1.29 is 4.42 Å². The Morgan fingerprint density at radius 3 is 2.38 bits per heavy atom. The molecule has 0 amide bonds. The van der Waals surface area contributed by atoms with Gasteiger partial charge in [0.1, 0.15) is 16.3 Å². The zero-order valence-corrected chi connectivity index (χ0v) is 14.4. The first-order chi connectivity index (χ1) is 12.8. The van der Waals surface area contributed by atoms with Crippen LogP contribution in [0.25, 0.3) is 44.6 Å².